The highest BCUT2D eigenvalue weighted by atomic mass is 19.1. The Balaban J connectivity index is 2.12. The number of nitrogens with one attached hydrogen (secondary N) is 1. The normalized spacial score (nSPS) is 10.8. The van der Waals surface area contributed by atoms with Crippen molar-refractivity contribution in [1.29, 1.82) is 0 Å². The lowest BCUT2D eigenvalue weighted by molar-refractivity contribution is 0.302. The summed E-state index contributed by atoms with van der Waals surface area (Å²) in [5.41, 5.74) is 0.920. The monoisotopic (exact) mass is 295 g/mol. The van der Waals surface area contributed by atoms with Crippen LogP contribution in [-0.4, -0.2) is 13.7 Å². The van der Waals surface area contributed by atoms with Gasteiger partial charge < -0.3 is 10.1 Å². The van der Waals surface area contributed by atoms with Crippen LogP contribution in [0.3, 0.4) is 0 Å². The van der Waals surface area contributed by atoms with Gasteiger partial charge >= 0.3 is 0 Å². The van der Waals surface area contributed by atoms with E-state index in [-0.39, 0.29) is 5.82 Å². The van der Waals surface area contributed by atoms with Crippen LogP contribution >= 0.6 is 0 Å². The average Bonchev–Trinajstić information content (AvgIpc) is 2.45. The van der Waals surface area contributed by atoms with Crippen LogP contribution in [-0.2, 0) is 6.54 Å². The average molecular weight is 295 g/mol. The Labute approximate surface area is 129 Å². The van der Waals surface area contributed by atoms with Crippen LogP contribution in [0.2, 0.25) is 0 Å². The third kappa shape index (κ3) is 8.71. The van der Waals surface area contributed by atoms with Gasteiger partial charge in [0.15, 0.2) is 0 Å². The van der Waals surface area contributed by atoms with Gasteiger partial charge in [-0.25, -0.2) is 4.39 Å². The Kier molecular flexibility index (Phi) is 9.88. The zero-order chi connectivity index (χ0) is 15.3. The molecule has 0 bridgehead atoms. The van der Waals surface area contributed by atoms with E-state index < -0.39 is 0 Å². The second kappa shape index (κ2) is 11.6. The molecule has 0 aliphatic carbocycles. The van der Waals surface area contributed by atoms with Crippen LogP contribution in [0.5, 0.6) is 5.75 Å². The lowest BCUT2D eigenvalue weighted by atomic mass is 10.1. The summed E-state index contributed by atoms with van der Waals surface area (Å²) < 4.78 is 19.1. The summed E-state index contributed by atoms with van der Waals surface area (Å²) in [4.78, 5) is 0. The van der Waals surface area contributed by atoms with Gasteiger partial charge in [-0.3, -0.25) is 0 Å². The molecule has 0 spiro atoms. The molecule has 3 heteroatoms. The molecule has 0 atom stereocenters. The van der Waals surface area contributed by atoms with Crippen LogP contribution in [0.25, 0.3) is 0 Å². The van der Waals surface area contributed by atoms with E-state index in [1.54, 1.807) is 6.07 Å². The number of hydrogen-bond donors (Lipinski definition) is 1. The third-order valence-corrected chi connectivity index (χ3v) is 3.58. The minimum atomic E-state index is -0.228. The molecule has 2 nitrogen and oxygen atoms in total. The maximum Gasteiger partial charge on any atom is 0.127 e. The van der Waals surface area contributed by atoms with Crippen LogP contribution < -0.4 is 10.1 Å². The van der Waals surface area contributed by atoms with Gasteiger partial charge in [0, 0.05) is 12.6 Å². The van der Waals surface area contributed by atoms with Gasteiger partial charge in [0.05, 0.1) is 6.61 Å². The summed E-state index contributed by atoms with van der Waals surface area (Å²) in [7, 11) is 1.85. The Bertz CT molecular complexity index is 381. The molecular formula is C18H30FNO. The van der Waals surface area contributed by atoms with E-state index in [1.165, 1.54) is 51.0 Å². The Morgan fingerprint density at radius 1 is 0.952 bits per heavy atom. The summed E-state index contributed by atoms with van der Waals surface area (Å²) in [6, 6.07) is 4.91. The molecule has 0 aromatic heterocycles. The van der Waals surface area contributed by atoms with Crippen molar-refractivity contribution in [2.75, 3.05) is 13.7 Å². The molecule has 0 saturated heterocycles. The van der Waals surface area contributed by atoms with Gasteiger partial charge in [0.2, 0.25) is 0 Å². The molecule has 21 heavy (non-hydrogen) atoms. The van der Waals surface area contributed by atoms with Gasteiger partial charge in [-0.15, -0.1) is 0 Å². The Hall–Kier alpha value is -1.09. The molecule has 0 fully saturated rings. The van der Waals surface area contributed by atoms with Crippen LogP contribution in [0, 0.1) is 5.82 Å². The number of unbranched alkanes of at least 4 members (excludes halogenated alkanes) is 7. The van der Waals surface area contributed by atoms with Gasteiger partial charge in [-0.1, -0.05) is 51.9 Å². The van der Waals surface area contributed by atoms with Gasteiger partial charge in [0.1, 0.15) is 11.6 Å². The summed E-state index contributed by atoms with van der Waals surface area (Å²) in [6.07, 6.45) is 10.2. The van der Waals surface area contributed by atoms with Crippen molar-refractivity contribution in [3.05, 3.63) is 29.6 Å². The maximum absolute atomic E-state index is 13.4. The van der Waals surface area contributed by atoms with Crippen LogP contribution in [0.15, 0.2) is 18.2 Å². The van der Waals surface area contributed by atoms with E-state index in [0.29, 0.717) is 18.9 Å². The zero-order valence-electron chi connectivity index (χ0n) is 13.6. The molecule has 0 unspecified atom stereocenters. The van der Waals surface area contributed by atoms with Crippen molar-refractivity contribution >= 4 is 0 Å². The lowest BCUT2D eigenvalue weighted by Crippen LogP contribution is -2.06. The number of halogens is 1. The number of hydrogen-bond acceptors (Lipinski definition) is 2. The molecule has 1 aromatic carbocycles. The number of ether oxygens (including phenoxy) is 1. The molecule has 0 saturated carbocycles. The lowest BCUT2D eigenvalue weighted by Gasteiger charge is -2.08. The standard InChI is InChI=1S/C18H30FNO/c1-3-4-5-6-7-8-9-10-11-21-18-13-16(15-20-2)12-17(19)14-18/h12-14,20H,3-11,15H2,1-2H3. The van der Waals surface area contributed by atoms with Gasteiger partial charge in [0.25, 0.3) is 0 Å². The summed E-state index contributed by atoms with van der Waals surface area (Å²) in [6.45, 7) is 3.58. The van der Waals surface area contributed by atoms with Crippen molar-refractivity contribution in [1.82, 2.24) is 5.32 Å². The molecule has 0 heterocycles. The van der Waals surface area contributed by atoms with E-state index in [4.69, 9.17) is 4.74 Å². The van der Waals surface area contributed by atoms with Gasteiger partial charge in [-0.2, -0.15) is 0 Å². The first-order chi connectivity index (χ1) is 10.3. The van der Waals surface area contributed by atoms with Crippen molar-refractivity contribution in [2.24, 2.45) is 0 Å². The second-order valence-electron chi connectivity index (χ2n) is 5.65. The molecule has 1 rings (SSSR count). The van der Waals surface area contributed by atoms with Crippen molar-refractivity contribution in [3.8, 4) is 5.75 Å². The molecule has 0 aliphatic rings. The van der Waals surface area contributed by atoms with E-state index in [9.17, 15) is 4.39 Å². The first kappa shape index (κ1) is 18.0. The minimum absolute atomic E-state index is 0.228. The summed E-state index contributed by atoms with van der Waals surface area (Å²) >= 11 is 0. The van der Waals surface area contributed by atoms with Crippen molar-refractivity contribution in [2.45, 2.75) is 64.8 Å². The fourth-order valence-electron chi connectivity index (χ4n) is 2.44. The van der Waals surface area contributed by atoms with Crippen LogP contribution in [0.1, 0.15) is 63.9 Å². The highest BCUT2D eigenvalue weighted by Crippen LogP contribution is 2.17. The fourth-order valence-corrected chi connectivity index (χ4v) is 2.44. The predicted molar refractivity (Wildman–Crippen MR) is 87.3 cm³/mol. The minimum Gasteiger partial charge on any atom is -0.493 e. The smallest absolute Gasteiger partial charge is 0.127 e. The van der Waals surface area contributed by atoms with Crippen molar-refractivity contribution in [3.63, 3.8) is 0 Å². The van der Waals surface area contributed by atoms with E-state index in [0.717, 1.165) is 12.0 Å². The second-order valence-corrected chi connectivity index (χ2v) is 5.65. The Morgan fingerprint density at radius 2 is 1.62 bits per heavy atom. The molecule has 1 aromatic rings. The molecule has 0 amide bonds. The molecule has 0 radical (unpaired) electrons. The molecular weight excluding hydrogens is 265 g/mol. The van der Waals surface area contributed by atoms with Crippen molar-refractivity contribution < 1.29 is 9.13 Å². The quantitative estimate of drug-likeness (QED) is 0.544. The predicted octanol–water partition coefficient (Wildman–Crippen LogP) is 5.06. The number of rotatable bonds is 12. The van der Waals surface area contributed by atoms with E-state index in [1.807, 2.05) is 13.1 Å². The van der Waals surface area contributed by atoms with E-state index >= 15 is 0 Å². The molecule has 120 valence electrons. The van der Waals surface area contributed by atoms with Gasteiger partial charge in [-0.05, 0) is 31.2 Å². The third-order valence-electron chi connectivity index (χ3n) is 3.58. The van der Waals surface area contributed by atoms with Crippen LogP contribution in [0.4, 0.5) is 4.39 Å². The molecule has 1 N–H and O–H groups in total. The Morgan fingerprint density at radius 3 is 2.29 bits per heavy atom. The first-order valence-electron chi connectivity index (χ1n) is 8.33. The zero-order valence-corrected chi connectivity index (χ0v) is 13.6. The summed E-state index contributed by atoms with van der Waals surface area (Å²) in [5, 5.41) is 3.02. The van der Waals surface area contributed by atoms with E-state index in [2.05, 4.69) is 12.2 Å². The highest BCUT2D eigenvalue weighted by Gasteiger charge is 2.01. The topological polar surface area (TPSA) is 21.3 Å². The fraction of sp³-hybridized carbons (Fsp3) is 0.667. The highest BCUT2D eigenvalue weighted by molar-refractivity contribution is 5.29. The molecule has 0 aliphatic heterocycles. The largest absolute Gasteiger partial charge is 0.493 e. The SMILES string of the molecule is CCCCCCCCCCOc1cc(F)cc(CNC)c1. The summed E-state index contributed by atoms with van der Waals surface area (Å²) in [5.74, 6) is 0.414. The number of benzene rings is 1. The first-order valence-corrected chi connectivity index (χ1v) is 8.33. The maximum atomic E-state index is 13.4.